The highest BCUT2D eigenvalue weighted by Crippen LogP contribution is 2.14. The van der Waals surface area contributed by atoms with Gasteiger partial charge in [0.15, 0.2) is 0 Å². The van der Waals surface area contributed by atoms with Gasteiger partial charge in [-0.1, -0.05) is 25.5 Å². The van der Waals surface area contributed by atoms with Crippen LogP contribution in [-0.4, -0.2) is 24.0 Å². The zero-order valence-corrected chi connectivity index (χ0v) is 13.6. The Bertz CT molecular complexity index is 410. The van der Waals surface area contributed by atoms with Crippen LogP contribution < -0.4 is 5.32 Å². The van der Waals surface area contributed by atoms with Crippen molar-refractivity contribution in [1.29, 1.82) is 0 Å². The van der Waals surface area contributed by atoms with Gasteiger partial charge in [-0.15, -0.1) is 0 Å². The zero-order valence-electron chi connectivity index (χ0n) is 13.6. The van der Waals surface area contributed by atoms with Crippen molar-refractivity contribution in [3.8, 4) is 0 Å². The number of nitrogens with one attached hydrogen (secondary N) is 1. The maximum absolute atomic E-state index is 13.9. The summed E-state index contributed by atoms with van der Waals surface area (Å²) in [6.07, 6.45) is 2.33. The molecule has 0 aromatic heterocycles. The standard InChI is InChI=1S/C17H29FN2/c1-6-7-10-20(5)13-15-11-14(8-9-16(15)18)12-19-17(2,3)4/h8-9,11,19H,6-7,10,12-13H2,1-5H3. The van der Waals surface area contributed by atoms with E-state index in [0.29, 0.717) is 6.54 Å². The van der Waals surface area contributed by atoms with Gasteiger partial charge < -0.3 is 10.2 Å². The van der Waals surface area contributed by atoms with Gasteiger partial charge in [0.1, 0.15) is 5.82 Å². The first kappa shape index (κ1) is 17.1. The second-order valence-electron chi connectivity index (χ2n) is 6.62. The molecule has 0 fully saturated rings. The highest BCUT2D eigenvalue weighted by atomic mass is 19.1. The van der Waals surface area contributed by atoms with Crippen molar-refractivity contribution in [1.82, 2.24) is 10.2 Å². The molecule has 0 spiro atoms. The zero-order chi connectivity index (χ0) is 15.2. The topological polar surface area (TPSA) is 15.3 Å². The average molecular weight is 280 g/mol. The Labute approximate surface area is 123 Å². The van der Waals surface area contributed by atoms with Crippen LogP contribution in [0.15, 0.2) is 18.2 Å². The molecule has 0 bridgehead atoms. The first-order chi connectivity index (χ1) is 9.31. The summed E-state index contributed by atoms with van der Waals surface area (Å²) < 4.78 is 13.9. The molecular weight excluding hydrogens is 251 g/mol. The van der Waals surface area contributed by atoms with Crippen LogP contribution in [0.2, 0.25) is 0 Å². The number of nitrogens with zero attached hydrogens (tertiary/aromatic N) is 1. The van der Waals surface area contributed by atoms with E-state index in [1.807, 2.05) is 12.1 Å². The molecule has 0 amide bonds. The normalized spacial score (nSPS) is 12.2. The van der Waals surface area contributed by atoms with Gasteiger partial charge in [0, 0.05) is 24.2 Å². The van der Waals surface area contributed by atoms with Gasteiger partial charge in [0.2, 0.25) is 0 Å². The summed E-state index contributed by atoms with van der Waals surface area (Å²) in [5.74, 6) is -0.104. The summed E-state index contributed by atoms with van der Waals surface area (Å²) in [7, 11) is 2.05. The molecule has 0 aliphatic rings. The van der Waals surface area contributed by atoms with Crippen LogP contribution in [0.5, 0.6) is 0 Å². The lowest BCUT2D eigenvalue weighted by Crippen LogP contribution is -2.35. The Balaban J connectivity index is 2.66. The van der Waals surface area contributed by atoms with Gasteiger partial charge in [0.05, 0.1) is 0 Å². The Hall–Kier alpha value is -0.930. The van der Waals surface area contributed by atoms with Crippen molar-refractivity contribution >= 4 is 0 Å². The number of halogens is 1. The minimum Gasteiger partial charge on any atom is -0.308 e. The molecule has 1 rings (SSSR count). The lowest BCUT2D eigenvalue weighted by atomic mass is 10.1. The lowest BCUT2D eigenvalue weighted by molar-refractivity contribution is 0.315. The third kappa shape index (κ3) is 6.49. The minimum atomic E-state index is -0.104. The molecule has 1 aromatic carbocycles. The van der Waals surface area contributed by atoms with Crippen molar-refractivity contribution in [2.75, 3.05) is 13.6 Å². The molecule has 1 N–H and O–H groups in total. The highest BCUT2D eigenvalue weighted by molar-refractivity contribution is 5.25. The van der Waals surface area contributed by atoms with Crippen molar-refractivity contribution < 1.29 is 4.39 Å². The van der Waals surface area contributed by atoms with E-state index in [1.165, 1.54) is 6.42 Å². The molecule has 0 unspecified atom stereocenters. The van der Waals surface area contributed by atoms with E-state index in [-0.39, 0.29) is 11.4 Å². The van der Waals surface area contributed by atoms with Crippen LogP contribution in [0.3, 0.4) is 0 Å². The van der Waals surface area contributed by atoms with Gasteiger partial charge in [-0.25, -0.2) is 4.39 Å². The lowest BCUT2D eigenvalue weighted by Gasteiger charge is -2.21. The molecule has 0 aliphatic heterocycles. The fourth-order valence-corrected chi connectivity index (χ4v) is 2.02. The second kappa shape index (κ2) is 7.75. The molecule has 0 saturated carbocycles. The molecule has 0 heterocycles. The monoisotopic (exact) mass is 280 g/mol. The molecule has 0 radical (unpaired) electrons. The summed E-state index contributed by atoms with van der Waals surface area (Å²) in [6.45, 7) is 11.0. The summed E-state index contributed by atoms with van der Waals surface area (Å²) in [5, 5.41) is 3.44. The number of benzene rings is 1. The Kier molecular flexibility index (Phi) is 6.63. The summed E-state index contributed by atoms with van der Waals surface area (Å²) in [6, 6.07) is 5.43. The summed E-state index contributed by atoms with van der Waals surface area (Å²) in [5.41, 5.74) is 2.00. The van der Waals surface area contributed by atoms with Crippen LogP contribution in [-0.2, 0) is 13.1 Å². The maximum atomic E-state index is 13.9. The smallest absolute Gasteiger partial charge is 0.127 e. The van der Waals surface area contributed by atoms with Gasteiger partial charge >= 0.3 is 0 Å². The summed E-state index contributed by atoms with van der Waals surface area (Å²) >= 11 is 0. The van der Waals surface area contributed by atoms with E-state index in [4.69, 9.17) is 0 Å². The molecule has 0 saturated heterocycles. The van der Waals surface area contributed by atoms with Gasteiger partial charge in [-0.3, -0.25) is 0 Å². The first-order valence-corrected chi connectivity index (χ1v) is 7.52. The number of unbranched alkanes of at least 4 members (excludes halogenated alkanes) is 1. The van der Waals surface area contributed by atoms with Crippen LogP contribution in [0.25, 0.3) is 0 Å². The largest absolute Gasteiger partial charge is 0.308 e. The van der Waals surface area contributed by atoms with Gasteiger partial charge in [0.25, 0.3) is 0 Å². The van der Waals surface area contributed by atoms with Crippen LogP contribution in [0, 0.1) is 5.82 Å². The SMILES string of the molecule is CCCCN(C)Cc1cc(CNC(C)(C)C)ccc1F. The first-order valence-electron chi connectivity index (χ1n) is 7.52. The molecule has 20 heavy (non-hydrogen) atoms. The van der Waals surface area contributed by atoms with E-state index in [9.17, 15) is 4.39 Å². The molecule has 114 valence electrons. The van der Waals surface area contributed by atoms with Gasteiger partial charge in [-0.05, 0) is 52.4 Å². The van der Waals surface area contributed by atoms with Gasteiger partial charge in [-0.2, -0.15) is 0 Å². The maximum Gasteiger partial charge on any atom is 0.127 e. The fraction of sp³-hybridized carbons (Fsp3) is 0.647. The Morgan fingerprint density at radius 1 is 1.25 bits per heavy atom. The van der Waals surface area contributed by atoms with E-state index in [0.717, 1.165) is 30.6 Å². The Morgan fingerprint density at radius 2 is 1.95 bits per heavy atom. The number of rotatable bonds is 7. The van der Waals surface area contributed by atoms with Crippen molar-refractivity contribution in [3.63, 3.8) is 0 Å². The predicted octanol–water partition coefficient (Wildman–Crippen LogP) is 3.95. The molecular formula is C17H29FN2. The average Bonchev–Trinajstić information content (AvgIpc) is 2.36. The number of hydrogen-bond donors (Lipinski definition) is 1. The van der Waals surface area contributed by atoms with E-state index >= 15 is 0 Å². The molecule has 1 aromatic rings. The fourth-order valence-electron chi connectivity index (χ4n) is 2.02. The minimum absolute atomic E-state index is 0.0759. The highest BCUT2D eigenvalue weighted by Gasteiger charge is 2.10. The van der Waals surface area contributed by atoms with Crippen molar-refractivity contribution in [2.24, 2.45) is 0 Å². The van der Waals surface area contributed by atoms with Crippen LogP contribution >= 0.6 is 0 Å². The quantitative estimate of drug-likeness (QED) is 0.813. The van der Waals surface area contributed by atoms with Crippen molar-refractivity contribution in [3.05, 3.63) is 35.1 Å². The van der Waals surface area contributed by atoms with Crippen LogP contribution in [0.4, 0.5) is 4.39 Å². The molecule has 2 nitrogen and oxygen atoms in total. The van der Waals surface area contributed by atoms with E-state index in [1.54, 1.807) is 6.07 Å². The Morgan fingerprint density at radius 3 is 2.55 bits per heavy atom. The predicted molar refractivity (Wildman–Crippen MR) is 84.2 cm³/mol. The second-order valence-corrected chi connectivity index (χ2v) is 6.62. The van der Waals surface area contributed by atoms with Crippen LogP contribution in [0.1, 0.15) is 51.7 Å². The number of hydrogen-bond acceptors (Lipinski definition) is 2. The molecule has 3 heteroatoms. The van der Waals surface area contributed by atoms with E-state index < -0.39 is 0 Å². The summed E-state index contributed by atoms with van der Waals surface area (Å²) in [4.78, 5) is 2.18. The third-order valence-electron chi connectivity index (χ3n) is 3.27. The van der Waals surface area contributed by atoms with Crippen molar-refractivity contribution in [2.45, 2.75) is 59.2 Å². The van der Waals surface area contributed by atoms with E-state index in [2.05, 4.69) is 45.0 Å². The molecule has 0 atom stereocenters. The third-order valence-corrected chi connectivity index (χ3v) is 3.27. The molecule has 0 aliphatic carbocycles.